The Kier molecular flexibility index (Phi) is 4.70. The summed E-state index contributed by atoms with van der Waals surface area (Å²) in [4.78, 5) is 22.7. The van der Waals surface area contributed by atoms with Gasteiger partial charge in [-0.2, -0.15) is 0 Å². The molecule has 2 N–H and O–H groups in total. The number of rotatable bonds is 5. The summed E-state index contributed by atoms with van der Waals surface area (Å²) >= 11 is 0. The van der Waals surface area contributed by atoms with Gasteiger partial charge in [-0.05, 0) is 29.7 Å². The number of nitrogens with one attached hydrogen (secondary N) is 2. The lowest BCUT2D eigenvalue weighted by molar-refractivity contribution is 0.912. The molecule has 0 aliphatic carbocycles. The Morgan fingerprint density at radius 3 is 2.46 bits per heavy atom. The fourth-order valence-electron chi connectivity index (χ4n) is 2.48. The number of hydrogen-bond donors (Lipinski definition) is 2. The molecule has 0 bridgehead atoms. The van der Waals surface area contributed by atoms with Crippen molar-refractivity contribution in [3.63, 3.8) is 0 Å². The van der Waals surface area contributed by atoms with Gasteiger partial charge in [0, 0.05) is 37.0 Å². The molecule has 0 saturated carbocycles. The Hall–Kier alpha value is -2.95. The molecule has 3 aromatic rings. The summed E-state index contributed by atoms with van der Waals surface area (Å²) in [7, 11) is 0. The van der Waals surface area contributed by atoms with Gasteiger partial charge in [0.25, 0.3) is 0 Å². The van der Waals surface area contributed by atoms with Crippen LogP contribution in [0.2, 0.25) is 0 Å². The van der Waals surface area contributed by atoms with E-state index in [4.69, 9.17) is 0 Å². The summed E-state index contributed by atoms with van der Waals surface area (Å²) in [6.07, 6.45) is 2.55. The molecule has 1 aromatic carbocycles. The lowest BCUT2D eigenvalue weighted by Gasteiger charge is -2.09. The zero-order chi connectivity index (χ0) is 16.9. The van der Waals surface area contributed by atoms with E-state index >= 15 is 0 Å². The maximum Gasteiger partial charge on any atom is 0.247 e. The van der Waals surface area contributed by atoms with Crippen molar-refractivity contribution in [1.82, 2.24) is 15.0 Å². The first-order chi connectivity index (χ1) is 11.6. The third kappa shape index (κ3) is 3.87. The maximum atomic E-state index is 11.1. The minimum Gasteiger partial charge on any atom is -0.366 e. The fourth-order valence-corrected chi connectivity index (χ4v) is 2.48. The average Bonchev–Trinajstić information content (AvgIpc) is 2.60. The Labute approximate surface area is 140 Å². The molecule has 0 fully saturated rings. The van der Waals surface area contributed by atoms with Crippen LogP contribution in [0.15, 0.2) is 53.5 Å². The second-order valence-electron chi connectivity index (χ2n) is 5.66. The number of aromatic nitrogens is 3. The van der Waals surface area contributed by atoms with E-state index in [9.17, 15) is 4.79 Å². The number of aromatic amines is 1. The zero-order valence-corrected chi connectivity index (χ0v) is 13.8. The van der Waals surface area contributed by atoms with E-state index in [1.807, 2.05) is 38.1 Å². The summed E-state index contributed by atoms with van der Waals surface area (Å²) in [5, 5.41) is 3.34. The molecule has 3 rings (SSSR count). The van der Waals surface area contributed by atoms with E-state index in [0.29, 0.717) is 6.54 Å². The number of aryl methyl sites for hydroxylation is 2. The van der Waals surface area contributed by atoms with E-state index in [-0.39, 0.29) is 5.56 Å². The summed E-state index contributed by atoms with van der Waals surface area (Å²) in [5.74, 6) is 1.70. The zero-order valence-electron chi connectivity index (χ0n) is 13.8. The van der Waals surface area contributed by atoms with Gasteiger partial charge in [0.05, 0.1) is 0 Å². The number of benzene rings is 1. The maximum absolute atomic E-state index is 11.1. The fraction of sp³-hybridized carbons (Fsp3) is 0.211. The minimum absolute atomic E-state index is 0.0915. The number of hydrogen-bond acceptors (Lipinski definition) is 4. The topological polar surface area (TPSA) is 70.7 Å². The average molecular weight is 320 g/mol. The van der Waals surface area contributed by atoms with Gasteiger partial charge in [0.2, 0.25) is 5.56 Å². The highest BCUT2D eigenvalue weighted by molar-refractivity contribution is 5.62. The quantitative estimate of drug-likeness (QED) is 0.756. The van der Waals surface area contributed by atoms with Crippen molar-refractivity contribution in [3.05, 3.63) is 76.1 Å². The molecular weight excluding hydrogens is 300 g/mol. The molecule has 5 nitrogen and oxygen atoms in total. The molecule has 0 aliphatic rings. The monoisotopic (exact) mass is 320 g/mol. The molecular formula is C19H20N4O. The van der Waals surface area contributed by atoms with Crippen LogP contribution in [0.1, 0.15) is 24.0 Å². The molecule has 0 radical (unpaired) electrons. The molecule has 122 valence electrons. The first kappa shape index (κ1) is 15.9. The van der Waals surface area contributed by atoms with Crippen LogP contribution in [0.3, 0.4) is 0 Å². The van der Waals surface area contributed by atoms with Crippen LogP contribution in [0, 0.1) is 6.92 Å². The van der Waals surface area contributed by atoms with Crippen LogP contribution in [0.5, 0.6) is 0 Å². The Morgan fingerprint density at radius 1 is 1.04 bits per heavy atom. The van der Waals surface area contributed by atoms with Crippen LogP contribution in [-0.4, -0.2) is 15.0 Å². The van der Waals surface area contributed by atoms with Crippen LogP contribution >= 0.6 is 0 Å². The van der Waals surface area contributed by atoms with Gasteiger partial charge in [0.15, 0.2) is 0 Å². The Balaban J connectivity index is 1.69. The van der Waals surface area contributed by atoms with E-state index in [2.05, 4.69) is 32.4 Å². The molecule has 2 aromatic heterocycles. The van der Waals surface area contributed by atoms with Crippen LogP contribution in [-0.2, 0) is 13.0 Å². The third-order valence-corrected chi connectivity index (χ3v) is 3.76. The van der Waals surface area contributed by atoms with Gasteiger partial charge in [-0.3, -0.25) is 4.79 Å². The Bertz CT molecular complexity index is 864. The normalized spacial score (nSPS) is 10.6. The lowest BCUT2D eigenvalue weighted by Crippen LogP contribution is -2.05. The molecule has 0 saturated heterocycles. The third-order valence-electron chi connectivity index (χ3n) is 3.76. The first-order valence-corrected chi connectivity index (χ1v) is 8.00. The second kappa shape index (κ2) is 7.08. The molecule has 0 unspecified atom stereocenters. The predicted octanol–water partition coefficient (Wildman–Crippen LogP) is 3.31. The SMILES string of the molecule is CCc1nc(C)cc(NCc2ccc(-c3ccc(=O)[nH]c3)cc2)n1. The molecule has 2 heterocycles. The minimum atomic E-state index is -0.0915. The molecule has 0 aliphatic heterocycles. The number of anilines is 1. The van der Waals surface area contributed by atoms with Gasteiger partial charge in [-0.15, -0.1) is 0 Å². The first-order valence-electron chi connectivity index (χ1n) is 8.00. The van der Waals surface area contributed by atoms with Crippen molar-refractivity contribution >= 4 is 5.82 Å². The van der Waals surface area contributed by atoms with Crippen LogP contribution in [0.25, 0.3) is 11.1 Å². The standard InChI is InChI=1S/C19H20N4O/c1-3-17-22-13(2)10-18(23-17)20-11-14-4-6-15(7-5-14)16-8-9-19(24)21-12-16/h4-10,12H,3,11H2,1-2H3,(H,21,24)(H,20,22,23). The van der Waals surface area contributed by atoms with E-state index in [1.54, 1.807) is 6.20 Å². The predicted molar refractivity (Wildman–Crippen MR) is 96.0 cm³/mol. The highest BCUT2D eigenvalue weighted by Gasteiger charge is 2.02. The van der Waals surface area contributed by atoms with Gasteiger partial charge in [-0.25, -0.2) is 9.97 Å². The van der Waals surface area contributed by atoms with Crippen molar-refractivity contribution in [2.75, 3.05) is 5.32 Å². The number of H-pyrrole nitrogens is 1. The summed E-state index contributed by atoms with van der Waals surface area (Å²) in [6, 6.07) is 13.6. The van der Waals surface area contributed by atoms with Crippen LogP contribution in [0.4, 0.5) is 5.82 Å². The number of pyridine rings is 1. The molecule has 0 atom stereocenters. The molecule has 0 spiro atoms. The highest BCUT2D eigenvalue weighted by Crippen LogP contribution is 2.18. The van der Waals surface area contributed by atoms with Crippen molar-refractivity contribution in [1.29, 1.82) is 0 Å². The molecule has 24 heavy (non-hydrogen) atoms. The summed E-state index contributed by atoms with van der Waals surface area (Å²) in [5.41, 5.74) is 4.11. The van der Waals surface area contributed by atoms with Gasteiger partial charge in [-0.1, -0.05) is 31.2 Å². The van der Waals surface area contributed by atoms with Crippen LogP contribution < -0.4 is 10.9 Å². The van der Waals surface area contributed by atoms with E-state index in [0.717, 1.165) is 40.4 Å². The van der Waals surface area contributed by atoms with E-state index < -0.39 is 0 Å². The smallest absolute Gasteiger partial charge is 0.247 e. The molecule has 0 amide bonds. The van der Waals surface area contributed by atoms with Crippen molar-refractivity contribution in [2.24, 2.45) is 0 Å². The highest BCUT2D eigenvalue weighted by atomic mass is 16.1. The Morgan fingerprint density at radius 2 is 1.79 bits per heavy atom. The number of nitrogens with zero attached hydrogens (tertiary/aromatic N) is 2. The second-order valence-corrected chi connectivity index (χ2v) is 5.66. The summed E-state index contributed by atoms with van der Waals surface area (Å²) < 4.78 is 0. The van der Waals surface area contributed by atoms with Gasteiger partial charge < -0.3 is 10.3 Å². The molecule has 5 heteroatoms. The van der Waals surface area contributed by atoms with E-state index in [1.165, 1.54) is 6.07 Å². The lowest BCUT2D eigenvalue weighted by atomic mass is 10.1. The largest absolute Gasteiger partial charge is 0.366 e. The van der Waals surface area contributed by atoms with Crippen molar-refractivity contribution in [3.8, 4) is 11.1 Å². The summed E-state index contributed by atoms with van der Waals surface area (Å²) in [6.45, 7) is 4.73. The van der Waals surface area contributed by atoms with Crippen molar-refractivity contribution < 1.29 is 0 Å². The van der Waals surface area contributed by atoms with Gasteiger partial charge in [0.1, 0.15) is 11.6 Å². The van der Waals surface area contributed by atoms with Crippen molar-refractivity contribution in [2.45, 2.75) is 26.8 Å². The van der Waals surface area contributed by atoms with Gasteiger partial charge >= 0.3 is 0 Å².